The molecule has 0 saturated heterocycles. The average molecular weight is 276 g/mol. The number of hydrogen-bond acceptors (Lipinski definition) is 3. The number of benzene rings is 1. The van der Waals surface area contributed by atoms with E-state index in [9.17, 15) is 9.90 Å². The Balaban J connectivity index is 3.07. The van der Waals surface area contributed by atoms with E-state index < -0.39 is 12.0 Å². The minimum Gasteiger partial charge on any atom is -0.385 e. The van der Waals surface area contributed by atoms with E-state index in [0.717, 1.165) is 11.1 Å². The maximum atomic E-state index is 11.9. The van der Waals surface area contributed by atoms with Gasteiger partial charge in [-0.2, -0.15) is 0 Å². The zero-order valence-electron chi connectivity index (χ0n) is 12.8. The van der Waals surface area contributed by atoms with Crippen molar-refractivity contribution >= 4 is 5.91 Å². The molecular weight excluding hydrogens is 252 g/mol. The second kappa shape index (κ2) is 6.09. The summed E-state index contributed by atoms with van der Waals surface area (Å²) in [6.45, 7) is 9.94. The second-order valence-corrected chi connectivity index (χ2v) is 6.02. The Morgan fingerprint density at radius 1 is 1.35 bits per heavy atom. The van der Waals surface area contributed by atoms with Gasteiger partial charge in [0, 0.05) is 0 Å². The van der Waals surface area contributed by atoms with Gasteiger partial charge in [0.15, 0.2) is 6.10 Å². The van der Waals surface area contributed by atoms with E-state index in [1.807, 2.05) is 19.1 Å². The van der Waals surface area contributed by atoms with E-state index in [1.54, 1.807) is 13.0 Å². The minimum absolute atomic E-state index is 0.0423. The van der Waals surface area contributed by atoms with Gasteiger partial charge in [0.2, 0.25) is 0 Å². The highest BCUT2D eigenvalue weighted by Crippen LogP contribution is 2.27. The van der Waals surface area contributed by atoms with Crippen LogP contribution in [0.4, 0.5) is 0 Å². The molecule has 1 aromatic rings. The molecule has 4 heteroatoms. The summed E-state index contributed by atoms with van der Waals surface area (Å²) in [6.07, 6.45) is 0.344. The van der Waals surface area contributed by atoms with Crippen molar-refractivity contribution in [3.05, 3.63) is 46.8 Å². The van der Waals surface area contributed by atoms with Gasteiger partial charge in [-0.3, -0.25) is 4.79 Å². The zero-order valence-corrected chi connectivity index (χ0v) is 12.8. The van der Waals surface area contributed by atoms with Crippen LogP contribution in [-0.2, 0) is 10.2 Å². The Kier molecular flexibility index (Phi) is 4.95. The van der Waals surface area contributed by atoms with E-state index in [-0.39, 0.29) is 11.2 Å². The quantitative estimate of drug-likeness (QED) is 0.792. The lowest BCUT2D eigenvalue weighted by Crippen LogP contribution is -2.32. The summed E-state index contributed by atoms with van der Waals surface area (Å²) >= 11 is 0. The van der Waals surface area contributed by atoms with Crippen molar-refractivity contribution in [3.63, 3.8) is 0 Å². The molecule has 1 unspecified atom stereocenters. The number of aryl methyl sites for hydroxylation is 1. The molecule has 1 rings (SSSR count). The van der Waals surface area contributed by atoms with Crippen LogP contribution in [0.5, 0.6) is 0 Å². The standard InChI is InChI=1S/C16H24N2O2/c1-6-13(17)18-15(20)14(19)11-7-10(2)8-12(9-11)16(3,4)5/h6-9,14,19H,17H2,1-5H3,(H,18,20). The molecule has 0 spiro atoms. The van der Waals surface area contributed by atoms with Crippen molar-refractivity contribution in [2.24, 2.45) is 5.73 Å². The fraction of sp³-hybridized carbons (Fsp3) is 0.438. The van der Waals surface area contributed by atoms with Gasteiger partial charge in [-0.1, -0.05) is 44.5 Å². The van der Waals surface area contributed by atoms with Gasteiger partial charge in [0.1, 0.15) is 0 Å². The maximum Gasteiger partial charge on any atom is 0.258 e. The Hall–Kier alpha value is -1.81. The van der Waals surface area contributed by atoms with Crippen molar-refractivity contribution in [2.75, 3.05) is 0 Å². The number of aliphatic hydroxyl groups is 1. The smallest absolute Gasteiger partial charge is 0.258 e. The number of rotatable bonds is 3. The van der Waals surface area contributed by atoms with E-state index >= 15 is 0 Å². The molecule has 4 N–H and O–H groups in total. The van der Waals surface area contributed by atoms with Crippen LogP contribution < -0.4 is 11.1 Å². The predicted molar refractivity (Wildman–Crippen MR) is 80.9 cm³/mol. The van der Waals surface area contributed by atoms with Crippen molar-refractivity contribution in [3.8, 4) is 0 Å². The molecule has 0 fully saturated rings. The van der Waals surface area contributed by atoms with Gasteiger partial charge in [0.25, 0.3) is 5.91 Å². The Morgan fingerprint density at radius 3 is 2.45 bits per heavy atom. The van der Waals surface area contributed by atoms with Crippen molar-refractivity contribution in [1.82, 2.24) is 5.32 Å². The molecule has 0 bridgehead atoms. The zero-order chi connectivity index (χ0) is 15.5. The Labute approximate surface area is 120 Å². The van der Waals surface area contributed by atoms with Crippen LogP contribution in [0, 0.1) is 6.92 Å². The van der Waals surface area contributed by atoms with Crippen LogP contribution in [-0.4, -0.2) is 11.0 Å². The molecule has 0 aliphatic rings. The van der Waals surface area contributed by atoms with Gasteiger partial charge in [-0.05, 0) is 36.5 Å². The van der Waals surface area contributed by atoms with E-state index in [4.69, 9.17) is 5.73 Å². The Morgan fingerprint density at radius 2 is 1.95 bits per heavy atom. The maximum absolute atomic E-state index is 11.9. The number of carbonyl (C=O) groups is 1. The lowest BCUT2D eigenvalue weighted by Gasteiger charge is -2.22. The van der Waals surface area contributed by atoms with Crippen LogP contribution in [0.25, 0.3) is 0 Å². The third-order valence-electron chi connectivity index (χ3n) is 3.11. The van der Waals surface area contributed by atoms with Gasteiger partial charge in [0.05, 0.1) is 5.82 Å². The average Bonchev–Trinajstić information content (AvgIpc) is 2.35. The number of carbonyl (C=O) groups excluding carboxylic acids is 1. The van der Waals surface area contributed by atoms with E-state index in [1.165, 1.54) is 0 Å². The molecule has 20 heavy (non-hydrogen) atoms. The first kappa shape index (κ1) is 16.2. The molecule has 0 heterocycles. The van der Waals surface area contributed by atoms with Crippen molar-refractivity contribution in [2.45, 2.75) is 46.1 Å². The summed E-state index contributed by atoms with van der Waals surface area (Å²) in [5.41, 5.74) is 8.17. The van der Waals surface area contributed by atoms with Crippen molar-refractivity contribution < 1.29 is 9.90 Å². The minimum atomic E-state index is -1.23. The normalized spacial score (nSPS) is 14.0. The SMILES string of the molecule is CC=C(N)NC(=O)C(O)c1cc(C)cc(C(C)(C)C)c1. The number of hydrogen-bond donors (Lipinski definition) is 3. The second-order valence-electron chi connectivity index (χ2n) is 6.02. The fourth-order valence-corrected chi connectivity index (χ4v) is 1.84. The largest absolute Gasteiger partial charge is 0.385 e. The van der Waals surface area contributed by atoms with Crippen molar-refractivity contribution in [1.29, 1.82) is 0 Å². The summed E-state index contributed by atoms with van der Waals surface area (Å²) in [5.74, 6) is -0.288. The molecule has 1 amide bonds. The number of nitrogens with one attached hydrogen (secondary N) is 1. The summed E-state index contributed by atoms with van der Waals surface area (Å²) in [7, 11) is 0. The highest BCUT2D eigenvalue weighted by atomic mass is 16.3. The summed E-state index contributed by atoms with van der Waals surface area (Å²) in [5, 5.41) is 12.6. The molecule has 4 nitrogen and oxygen atoms in total. The Bertz CT molecular complexity index is 528. The van der Waals surface area contributed by atoms with Crippen LogP contribution in [0.3, 0.4) is 0 Å². The number of aliphatic hydroxyl groups excluding tert-OH is 1. The topological polar surface area (TPSA) is 75.3 Å². The molecule has 0 radical (unpaired) electrons. The lowest BCUT2D eigenvalue weighted by molar-refractivity contribution is -0.128. The summed E-state index contributed by atoms with van der Waals surface area (Å²) in [4.78, 5) is 11.9. The summed E-state index contributed by atoms with van der Waals surface area (Å²) < 4.78 is 0. The van der Waals surface area contributed by atoms with Crippen LogP contribution in [0.2, 0.25) is 0 Å². The van der Waals surface area contributed by atoms with Gasteiger partial charge in [-0.25, -0.2) is 0 Å². The van der Waals surface area contributed by atoms with E-state index in [2.05, 4.69) is 32.2 Å². The van der Waals surface area contributed by atoms with Crippen LogP contribution in [0.1, 0.15) is 50.5 Å². The predicted octanol–water partition coefficient (Wildman–Crippen LogP) is 2.26. The number of nitrogens with two attached hydrogens (primary N) is 1. The monoisotopic (exact) mass is 276 g/mol. The molecule has 110 valence electrons. The molecule has 0 aliphatic heterocycles. The number of allylic oxidation sites excluding steroid dienone is 1. The highest BCUT2D eigenvalue weighted by Gasteiger charge is 2.21. The molecular formula is C16H24N2O2. The highest BCUT2D eigenvalue weighted by molar-refractivity contribution is 5.83. The van der Waals surface area contributed by atoms with Gasteiger partial charge >= 0.3 is 0 Å². The van der Waals surface area contributed by atoms with Gasteiger partial charge in [-0.15, -0.1) is 0 Å². The summed E-state index contributed by atoms with van der Waals surface area (Å²) in [6, 6.07) is 5.74. The molecule has 0 saturated carbocycles. The van der Waals surface area contributed by atoms with Gasteiger partial charge < -0.3 is 16.2 Å². The molecule has 1 aromatic carbocycles. The fourth-order valence-electron chi connectivity index (χ4n) is 1.84. The first-order valence-corrected chi connectivity index (χ1v) is 6.68. The van der Waals surface area contributed by atoms with Crippen LogP contribution in [0.15, 0.2) is 30.1 Å². The third kappa shape index (κ3) is 4.10. The lowest BCUT2D eigenvalue weighted by atomic mass is 9.84. The van der Waals surface area contributed by atoms with E-state index in [0.29, 0.717) is 5.56 Å². The molecule has 1 atom stereocenters. The van der Waals surface area contributed by atoms with Crippen LogP contribution >= 0.6 is 0 Å². The first-order valence-electron chi connectivity index (χ1n) is 6.68. The molecule has 0 aliphatic carbocycles. The number of amides is 1. The first-order chi connectivity index (χ1) is 9.15. The molecule has 0 aromatic heterocycles. The third-order valence-corrected chi connectivity index (χ3v) is 3.11.